The van der Waals surface area contributed by atoms with E-state index in [0.29, 0.717) is 0 Å². The van der Waals surface area contributed by atoms with Crippen molar-refractivity contribution in [3.05, 3.63) is 30.5 Å². The van der Waals surface area contributed by atoms with Crippen molar-refractivity contribution in [2.24, 2.45) is 0 Å². The van der Waals surface area contributed by atoms with Crippen LogP contribution < -0.4 is 11.1 Å². The molecule has 3 N–H and O–H groups in total. The molecule has 1 fully saturated rings. The molecule has 21 heavy (non-hydrogen) atoms. The molecule has 5 nitrogen and oxygen atoms in total. The van der Waals surface area contributed by atoms with Crippen LogP contribution in [0.4, 0.5) is 11.4 Å². The Labute approximate surface area is 125 Å². The Hall–Kier alpha value is -1.85. The third kappa shape index (κ3) is 3.25. The number of likely N-dealkylation sites (N-methyl/N-ethyl adjacent to an activating group) is 1. The maximum atomic E-state index is 5.98. The molecular weight excluding hydrogens is 262 g/mol. The molecule has 1 aliphatic heterocycles. The summed E-state index contributed by atoms with van der Waals surface area (Å²) >= 11 is 0. The van der Waals surface area contributed by atoms with Gasteiger partial charge >= 0.3 is 0 Å². The molecule has 112 valence electrons. The normalized spacial score (nSPS) is 17.2. The monoisotopic (exact) mass is 285 g/mol. The highest BCUT2D eigenvalue weighted by Crippen LogP contribution is 2.26. The number of aromatic nitrogens is 1. The molecule has 1 aromatic carbocycles. The van der Waals surface area contributed by atoms with Crippen LogP contribution in [0.5, 0.6) is 0 Å². The molecule has 1 aliphatic rings. The first-order chi connectivity index (χ1) is 10.2. The first-order valence-electron chi connectivity index (χ1n) is 7.52. The number of nitrogen functional groups attached to an aromatic ring is 1. The predicted octanol–water partition coefficient (Wildman–Crippen LogP) is 1.48. The van der Waals surface area contributed by atoms with Crippen LogP contribution in [0, 0.1) is 0 Å². The molecular formula is C16H23N5. The number of rotatable bonds is 4. The minimum atomic E-state index is 0.732. The van der Waals surface area contributed by atoms with Crippen molar-refractivity contribution in [2.45, 2.75) is 0 Å². The maximum Gasteiger partial charge on any atom is 0.0951 e. The van der Waals surface area contributed by atoms with Crippen LogP contribution >= 0.6 is 0 Å². The third-order valence-electron chi connectivity index (χ3n) is 4.14. The van der Waals surface area contributed by atoms with E-state index in [1.807, 2.05) is 18.2 Å². The van der Waals surface area contributed by atoms with Gasteiger partial charge in [-0.2, -0.15) is 0 Å². The van der Waals surface area contributed by atoms with E-state index in [1.54, 1.807) is 6.20 Å². The molecule has 0 saturated carbocycles. The zero-order valence-electron chi connectivity index (χ0n) is 12.5. The SMILES string of the molecule is CN1CCN(CCNc2ccc(N)c3ncccc23)CC1. The Morgan fingerprint density at radius 1 is 1.19 bits per heavy atom. The van der Waals surface area contributed by atoms with Crippen molar-refractivity contribution in [3.63, 3.8) is 0 Å². The Kier molecular flexibility index (Phi) is 4.22. The second-order valence-corrected chi connectivity index (χ2v) is 5.67. The number of anilines is 2. The van der Waals surface area contributed by atoms with Gasteiger partial charge in [0, 0.05) is 56.5 Å². The van der Waals surface area contributed by atoms with Crippen LogP contribution in [0.1, 0.15) is 0 Å². The number of nitrogens with two attached hydrogens (primary N) is 1. The van der Waals surface area contributed by atoms with Gasteiger partial charge in [-0.3, -0.25) is 9.88 Å². The summed E-state index contributed by atoms with van der Waals surface area (Å²) in [5.74, 6) is 0. The molecule has 2 aromatic rings. The van der Waals surface area contributed by atoms with Crippen LogP contribution in [0.15, 0.2) is 30.5 Å². The molecule has 3 rings (SSSR count). The van der Waals surface area contributed by atoms with E-state index in [9.17, 15) is 0 Å². The summed E-state index contributed by atoms with van der Waals surface area (Å²) in [4.78, 5) is 9.25. The second kappa shape index (κ2) is 6.28. The van der Waals surface area contributed by atoms with E-state index < -0.39 is 0 Å². The predicted molar refractivity (Wildman–Crippen MR) is 88.6 cm³/mol. The Morgan fingerprint density at radius 2 is 2.00 bits per heavy atom. The van der Waals surface area contributed by atoms with E-state index in [-0.39, 0.29) is 0 Å². The van der Waals surface area contributed by atoms with Crippen molar-refractivity contribution in [3.8, 4) is 0 Å². The summed E-state index contributed by atoms with van der Waals surface area (Å²) in [5.41, 5.74) is 8.70. The molecule has 0 amide bonds. The van der Waals surface area contributed by atoms with Crippen LogP contribution in [0.2, 0.25) is 0 Å². The number of piperazine rings is 1. The van der Waals surface area contributed by atoms with Crippen molar-refractivity contribution in [2.75, 3.05) is 57.4 Å². The van der Waals surface area contributed by atoms with Gasteiger partial charge in [0.1, 0.15) is 0 Å². The molecule has 0 radical (unpaired) electrons. The summed E-state index contributed by atoms with van der Waals surface area (Å²) in [6.45, 7) is 6.64. The molecule has 0 aliphatic carbocycles. The van der Waals surface area contributed by atoms with Crippen LogP contribution in [0.25, 0.3) is 10.9 Å². The average Bonchev–Trinajstić information content (AvgIpc) is 2.52. The van der Waals surface area contributed by atoms with Gasteiger partial charge in [0.15, 0.2) is 0 Å². The number of fused-ring (bicyclic) bond motifs is 1. The van der Waals surface area contributed by atoms with Crippen molar-refractivity contribution < 1.29 is 0 Å². The Balaban J connectivity index is 1.62. The standard InChI is InChI=1S/C16H23N5/c1-20-9-11-21(12-10-20)8-7-18-15-5-4-14(17)16-13(15)3-2-6-19-16/h2-6,18H,7-12,17H2,1H3. The number of nitrogens with one attached hydrogen (secondary N) is 1. The van der Waals surface area contributed by atoms with Gasteiger partial charge in [0.25, 0.3) is 0 Å². The smallest absolute Gasteiger partial charge is 0.0951 e. The molecule has 1 saturated heterocycles. The maximum absolute atomic E-state index is 5.98. The summed E-state index contributed by atoms with van der Waals surface area (Å²) in [5, 5.41) is 4.62. The van der Waals surface area contributed by atoms with Gasteiger partial charge in [0.2, 0.25) is 0 Å². The lowest BCUT2D eigenvalue weighted by atomic mass is 10.1. The van der Waals surface area contributed by atoms with Gasteiger partial charge in [0.05, 0.1) is 11.2 Å². The minimum Gasteiger partial charge on any atom is -0.397 e. The lowest BCUT2D eigenvalue weighted by Gasteiger charge is -2.32. The van der Waals surface area contributed by atoms with E-state index in [0.717, 1.165) is 61.5 Å². The van der Waals surface area contributed by atoms with Crippen LogP contribution in [0.3, 0.4) is 0 Å². The van der Waals surface area contributed by atoms with Crippen LogP contribution in [-0.4, -0.2) is 61.1 Å². The Morgan fingerprint density at radius 3 is 2.81 bits per heavy atom. The van der Waals surface area contributed by atoms with E-state index in [2.05, 4.69) is 33.2 Å². The number of hydrogen-bond donors (Lipinski definition) is 2. The average molecular weight is 285 g/mol. The second-order valence-electron chi connectivity index (χ2n) is 5.67. The Bertz CT molecular complexity index is 605. The molecule has 0 bridgehead atoms. The highest BCUT2D eigenvalue weighted by Gasteiger charge is 2.13. The number of pyridine rings is 1. The summed E-state index contributed by atoms with van der Waals surface area (Å²) in [7, 11) is 2.18. The van der Waals surface area contributed by atoms with Gasteiger partial charge in [-0.1, -0.05) is 0 Å². The molecule has 1 aromatic heterocycles. The number of nitrogens with zero attached hydrogens (tertiary/aromatic N) is 3. The molecule has 2 heterocycles. The molecule has 0 unspecified atom stereocenters. The minimum absolute atomic E-state index is 0.732. The van der Waals surface area contributed by atoms with Crippen LogP contribution in [-0.2, 0) is 0 Å². The number of benzene rings is 1. The van der Waals surface area contributed by atoms with E-state index in [1.165, 1.54) is 0 Å². The topological polar surface area (TPSA) is 57.4 Å². The fourth-order valence-electron chi connectivity index (χ4n) is 2.77. The van der Waals surface area contributed by atoms with Gasteiger partial charge in [-0.25, -0.2) is 0 Å². The van der Waals surface area contributed by atoms with Gasteiger partial charge in [-0.15, -0.1) is 0 Å². The lowest BCUT2D eigenvalue weighted by Crippen LogP contribution is -2.45. The summed E-state index contributed by atoms with van der Waals surface area (Å²) < 4.78 is 0. The zero-order valence-corrected chi connectivity index (χ0v) is 12.5. The van der Waals surface area contributed by atoms with Crippen molar-refractivity contribution in [1.29, 1.82) is 0 Å². The lowest BCUT2D eigenvalue weighted by molar-refractivity contribution is 0.158. The first-order valence-corrected chi connectivity index (χ1v) is 7.52. The van der Waals surface area contributed by atoms with Crippen molar-refractivity contribution >= 4 is 22.3 Å². The van der Waals surface area contributed by atoms with Gasteiger partial charge < -0.3 is 16.0 Å². The highest BCUT2D eigenvalue weighted by molar-refractivity contribution is 5.98. The zero-order chi connectivity index (χ0) is 14.7. The molecule has 0 spiro atoms. The quantitative estimate of drug-likeness (QED) is 0.833. The fourth-order valence-corrected chi connectivity index (χ4v) is 2.77. The fraction of sp³-hybridized carbons (Fsp3) is 0.438. The summed E-state index contributed by atoms with van der Waals surface area (Å²) in [6.07, 6.45) is 1.78. The van der Waals surface area contributed by atoms with Gasteiger partial charge in [-0.05, 0) is 31.3 Å². The van der Waals surface area contributed by atoms with Crippen molar-refractivity contribution in [1.82, 2.24) is 14.8 Å². The first kappa shape index (κ1) is 14.1. The third-order valence-corrected chi connectivity index (χ3v) is 4.14. The largest absolute Gasteiger partial charge is 0.397 e. The molecule has 5 heteroatoms. The number of hydrogen-bond acceptors (Lipinski definition) is 5. The van der Waals surface area contributed by atoms with E-state index >= 15 is 0 Å². The highest BCUT2D eigenvalue weighted by atomic mass is 15.2. The van der Waals surface area contributed by atoms with E-state index in [4.69, 9.17) is 5.73 Å². The summed E-state index contributed by atoms with van der Waals surface area (Å²) in [6, 6.07) is 7.99. The molecule has 0 atom stereocenters.